The fraction of sp³-hybridized carbons (Fsp3) is 0.381. The minimum atomic E-state index is -0.181. The van der Waals surface area contributed by atoms with E-state index >= 15 is 0 Å². The van der Waals surface area contributed by atoms with Gasteiger partial charge in [0, 0.05) is 44.5 Å². The number of piperazine rings is 1. The maximum atomic E-state index is 12.8. The highest BCUT2D eigenvalue weighted by Gasteiger charge is 2.24. The first-order valence-corrected chi connectivity index (χ1v) is 9.55. The topological polar surface area (TPSA) is 74.8 Å². The van der Waals surface area contributed by atoms with Gasteiger partial charge >= 0.3 is 0 Å². The molecule has 0 bridgehead atoms. The molecule has 2 aromatic rings. The van der Waals surface area contributed by atoms with Crippen LogP contribution >= 0.6 is 0 Å². The van der Waals surface area contributed by atoms with E-state index in [4.69, 9.17) is 4.74 Å². The van der Waals surface area contributed by atoms with Crippen molar-refractivity contribution in [3.63, 3.8) is 0 Å². The van der Waals surface area contributed by atoms with Crippen molar-refractivity contribution in [2.45, 2.75) is 13.3 Å². The lowest BCUT2D eigenvalue weighted by Crippen LogP contribution is -2.49. The summed E-state index contributed by atoms with van der Waals surface area (Å²) in [6, 6.07) is 11.1. The lowest BCUT2D eigenvalue weighted by atomic mass is 10.2. The SMILES string of the molecule is CCCNC(=O)c1ccnc(C(=O)N2CCN(c3ccccc3OC)CC2)c1. The van der Waals surface area contributed by atoms with Crippen LogP contribution in [0, 0.1) is 0 Å². The van der Waals surface area contributed by atoms with Crippen LogP contribution in [0.15, 0.2) is 42.6 Å². The summed E-state index contributed by atoms with van der Waals surface area (Å²) in [6.07, 6.45) is 2.37. The van der Waals surface area contributed by atoms with Crippen molar-refractivity contribution in [1.29, 1.82) is 0 Å². The molecule has 0 spiro atoms. The molecule has 1 fully saturated rings. The van der Waals surface area contributed by atoms with E-state index in [9.17, 15) is 9.59 Å². The molecule has 1 aliphatic heterocycles. The first-order valence-electron chi connectivity index (χ1n) is 9.55. The van der Waals surface area contributed by atoms with E-state index in [1.165, 1.54) is 6.20 Å². The van der Waals surface area contributed by atoms with Gasteiger partial charge in [0.1, 0.15) is 11.4 Å². The molecular weight excluding hydrogens is 356 g/mol. The number of ether oxygens (including phenoxy) is 1. The summed E-state index contributed by atoms with van der Waals surface area (Å²) < 4.78 is 5.44. The van der Waals surface area contributed by atoms with Gasteiger partial charge in [-0.15, -0.1) is 0 Å². The highest BCUT2D eigenvalue weighted by atomic mass is 16.5. The summed E-state index contributed by atoms with van der Waals surface area (Å²) in [5.41, 5.74) is 1.79. The molecule has 2 heterocycles. The summed E-state index contributed by atoms with van der Waals surface area (Å²) in [5.74, 6) is 0.499. The Kier molecular flexibility index (Phi) is 6.47. The van der Waals surface area contributed by atoms with Crippen molar-refractivity contribution in [1.82, 2.24) is 15.2 Å². The zero-order valence-electron chi connectivity index (χ0n) is 16.4. The molecule has 28 heavy (non-hydrogen) atoms. The van der Waals surface area contributed by atoms with Gasteiger partial charge in [-0.3, -0.25) is 14.6 Å². The zero-order chi connectivity index (χ0) is 19.9. The van der Waals surface area contributed by atoms with Crippen LogP contribution < -0.4 is 15.0 Å². The molecule has 148 valence electrons. The molecule has 0 aliphatic carbocycles. The lowest BCUT2D eigenvalue weighted by Gasteiger charge is -2.36. The number of benzene rings is 1. The predicted octanol–water partition coefficient (Wildman–Crippen LogP) is 2.19. The Balaban J connectivity index is 1.65. The minimum Gasteiger partial charge on any atom is -0.495 e. The number of nitrogens with one attached hydrogen (secondary N) is 1. The molecule has 1 N–H and O–H groups in total. The van der Waals surface area contributed by atoms with E-state index in [2.05, 4.69) is 15.2 Å². The largest absolute Gasteiger partial charge is 0.495 e. The number of carbonyl (C=O) groups excluding carboxylic acids is 2. The van der Waals surface area contributed by atoms with E-state index in [-0.39, 0.29) is 11.8 Å². The van der Waals surface area contributed by atoms with Gasteiger partial charge in [-0.25, -0.2) is 0 Å². The van der Waals surface area contributed by atoms with Gasteiger partial charge in [-0.2, -0.15) is 0 Å². The fourth-order valence-electron chi connectivity index (χ4n) is 3.23. The molecule has 0 saturated carbocycles. The van der Waals surface area contributed by atoms with Gasteiger partial charge in [0.05, 0.1) is 12.8 Å². The van der Waals surface area contributed by atoms with Crippen molar-refractivity contribution in [2.75, 3.05) is 44.7 Å². The summed E-state index contributed by atoms with van der Waals surface area (Å²) in [4.78, 5) is 33.1. The highest BCUT2D eigenvalue weighted by Crippen LogP contribution is 2.28. The number of hydrogen-bond acceptors (Lipinski definition) is 5. The molecule has 3 rings (SSSR count). The Bertz CT molecular complexity index is 832. The average molecular weight is 382 g/mol. The number of amides is 2. The number of methoxy groups -OCH3 is 1. The Morgan fingerprint density at radius 2 is 1.89 bits per heavy atom. The molecule has 0 unspecified atom stereocenters. The van der Waals surface area contributed by atoms with E-state index < -0.39 is 0 Å². The Morgan fingerprint density at radius 3 is 2.61 bits per heavy atom. The third-order valence-corrected chi connectivity index (χ3v) is 4.77. The van der Waals surface area contributed by atoms with Crippen molar-refractivity contribution in [3.05, 3.63) is 53.9 Å². The van der Waals surface area contributed by atoms with Crippen LogP contribution in [0.3, 0.4) is 0 Å². The molecule has 0 atom stereocenters. The molecule has 1 aromatic heterocycles. The number of rotatable bonds is 6. The van der Waals surface area contributed by atoms with E-state index in [0.29, 0.717) is 44.0 Å². The van der Waals surface area contributed by atoms with Crippen LogP contribution in [0.2, 0.25) is 0 Å². The van der Waals surface area contributed by atoms with Gasteiger partial charge in [-0.1, -0.05) is 19.1 Å². The summed E-state index contributed by atoms with van der Waals surface area (Å²) in [6.45, 7) is 5.20. The fourth-order valence-corrected chi connectivity index (χ4v) is 3.23. The minimum absolute atomic E-state index is 0.148. The Hall–Kier alpha value is -3.09. The zero-order valence-corrected chi connectivity index (χ0v) is 16.4. The smallest absolute Gasteiger partial charge is 0.272 e. The second-order valence-electron chi connectivity index (χ2n) is 6.64. The molecule has 7 nitrogen and oxygen atoms in total. The van der Waals surface area contributed by atoms with E-state index in [1.54, 1.807) is 24.1 Å². The standard InChI is InChI=1S/C21H26N4O3/c1-3-9-23-20(26)16-8-10-22-17(15-16)21(27)25-13-11-24(12-14-25)18-6-4-5-7-19(18)28-2/h4-8,10,15H,3,9,11-14H2,1-2H3,(H,23,26). The third kappa shape index (κ3) is 4.42. The number of nitrogens with zero attached hydrogens (tertiary/aromatic N) is 3. The second kappa shape index (κ2) is 9.21. The van der Waals surface area contributed by atoms with Crippen molar-refractivity contribution < 1.29 is 14.3 Å². The first kappa shape index (κ1) is 19.7. The molecule has 2 amide bonds. The number of pyridine rings is 1. The number of hydrogen-bond donors (Lipinski definition) is 1. The summed E-state index contributed by atoms with van der Waals surface area (Å²) in [5, 5.41) is 2.82. The molecule has 1 aliphatic rings. The number of anilines is 1. The van der Waals surface area contributed by atoms with Crippen LogP contribution in [-0.2, 0) is 0 Å². The van der Waals surface area contributed by atoms with Crippen LogP contribution in [0.4, 0.5) is 5.69 Å². The van der Waals surface area contributed by atoms with Crippen LogP contribution in [0.25, 0.3) is 0 Å². The summed E-state index contributed by atoms with van der Waals surface area (Å²) in [7, 11) is 1.66. The van der Waals surface area contributed by atoms with Crippen molar-refractivity contribution >= 4 is 17.5 Å². The third-order valence-electron chi connectivity index (χ3n) is 4.77. The van der Waals surface area contributed by atoms with Gasteiger partial charge in [0.2, 0.25) is 0 Å². The number of para-hydroxylation sites is 2. The first-order chi connectivity index (χ1) is 13.6. The quantitative estimate of drug-likeness (QED) is 0.829. The molecule has 1 aromatic carbocycles. The van der Waals surface area contributed by atoms with Gasteiger partial charge in [-0.05, 0) is 30.7 Å². The maximum absolute atomic E-state index is 12.8. The van der Waals surface area contributed by atoms with E-state index in [1.807, 2.05) is 31.2 Å². The second-order valence-corrected chi connectivity index (χ2v) is 6.64. The number of carbonyl (C=O) groups is 2. The van der Waals surface area contributed by atoms with Gasteiger partial charge < -0.3 is 19.9 Å². The highest BCUT2D eigenvalue weighted by molar-refractivity contribution is 5.98. The Labute approximate surface area is 165 Å². The molecule has 0 radical (unpaired) electrons. The normalized spacial score (nSPS) is 13.9. The van der Waals surface area contributed by atoms with Crippen molar-refractivity contribution in [2.24, 2.45) is 0 Å². The molecule has 1 saturated heterocycles. The molecule has 7 heteroatoms. The lowest BCUT2D eigenvalue weighted by molar-refractivity contribution is 0.0740. The van der Waals surface area contributed by atoms with Crippen LogP contribution in [-0.4, -0.2) is 61.5 Å². The molecular formula is C21H26N4O3. The van der Waals surface area contributed by atoms with Crippen molar-refractivity contribution in [3.8, 4) is 5.75 Å². The van der Waals surface area contributed by atoms with Gasteiger partial charge in [0.25, 0.3) is 11.8 Å². The maximum Gasteiger partial charge on any atom is 0.272 e. The van der Waals surface area contributed by atoms with E-state index in [0.717, 1.165) is 17.9 Å². The Morgan fingerprint density at radius 1 is 1.14 bits per heavy atom. The van der Waals surface area contributed by atoms with Crippen LogP contribution in [0.5, 0.6) is 5.75 Å². The van der Waals surface area contributed by atoms with Gasteiger partial charge in [0.15, 0.2) is 0 Å². The monoisotopic (exact) mass is 382 g/mol. The number of aromatic nitrogens is 1. The average Bonchev–Trinajstić information content (AvgIpc) is 2.77. The predicted molar refractivity (Wildman–Crippen MR) is 108 cm³/mol. The summed E-state index contributed by atoms with van der Waals surface area (Å²) >= 11 is 0. The van der Waals surface area contributed by atoms with Crippen LogP contribution in [0.1, 0.15) is 34.2 Å².